The van der Waals surface area contributed by atoms with Gasteiger partial charge in [-0.25, -0.2) is 0 Å². The van der Waals surface area contributed by atoms with E-state index in [0.29, 0.717) is 11.8 Å². The van der Waals surface area contributed by atoms with Gasteiger partial charge < -0.3 is 4.74 Å². The summed E-state index contributed by atoms with van der Waals surface area (Å²) in [5.74, 6) is 2.76. The normalized spacial score (nSPS) is 12.1. The van der Waals surface area contributed by atoms with Crippen molar-refractivity contribution < 1.29 is 4.74 Å². The Morgan fingerprint density at radius 2 is 0.800 bits per heavy atom. The summed E-state index contributed by atoms with van der Waals surface area (Å²) in [6, 6.07) is 57.2. The van der Waals surface area contributed by atoms with Crippen molar-refractivity contribution in [2.45, 2.75) is 33.6 Å². The molecule has 0 aliphatic heterocycles. The standard InChI is InChI=1S/C42H40OP2/c1-31(2)33(4)38-28-18-30-40(45(36-24-13-7-14-25-36)37-26-15-8-16-27-37)42(38)43-41-32(3)19-17-29-39(41)44(34-20-9-5-10-21-34)35-22-11-6-12-23-35/h5-31,33H,1-4H3/t33-/m1/s1. The summed E-state index contributed by atoms with van der Waals surface area (Å²) >= 11 is 0. The quantitative estimate of drug-likeness (QED) is 0.139. The third-order valence-corrected chi connectivity index (χ3v) is 13.4. The molecule has 6 aromatic rings. The van der Waals surface area contributed by atoms with Crippen LogP contribution in [0.3, 0.4) is 0 Å². The second-order valence-corrected chi connectivity index (χ2v) is 16.1. The Kier molecular flexibility index (Phi) is 9.91. The second kappa shape index (κ2) is 14.4. The fourth-order valence-electron chi connectivity index (χ4n) is 5.76. The number of aryl methyl sites for hydroxylation is 1. The van der Waals surface area contributed by atoms with Gasteiger partial charge in [-0.1, -0.05) is 178 Å². The van der Waals surface area contributed by atoms with E-state index in [-0.39, 0.29) is 0 Å². The van der Waals surface area contributed by atoms with Crippen LogP contribution < -0.4 is 36.6 Å². The largest absolute Gasteiger partial charge is 0.455 e. The lowest BCUT2D eigenvalue weighted by molar-refractivity contribution is 0.457. The smallest absolute Gasteiger partial charge is 0.139 e. The molecule has 0 bridgehead atoms. The molecule has 0 heterocycles. The summed E-state index contributed by atoms with van der Waals surface area (Å²) in [7, 11) is -1.71. The highest BCUT2D eigenvalue weighted by Crippen LogP contribution is 2.44. The topological polar surface area (TPSA) is 9.23 Å². The summed E-state index contributed by atoms with van der Waals surface area (Å²) in [5.41, 5.74) is 2.41. The van der Waals surface area contributed by atoms with Crippen LogP contribution in [0.4, 0.5) is 0 Å². The molecule has 0 aliphatic rings. The van der Waals surface area contributed by atoms with Crippen LogP contribution in [0.15, 0.2) is 158 Å². The van der Waals surface area contributed by atoms with E-state index in [1.165, 1.54) is 37.4 Å². The zero-order chi connectivity index (χ0) is 31.2. The molecule has 45 heavy (non-hydrogen) atoms. The predicted octanol–water partition coefficient (Wildman–Crippen LogP) is 9.06. The fraction of sp³-hybridized carbons (Fsp3) is 0.143. The van der Waals surface area contributed by atoms with Crippen LogP contribution >= 0.6 is 15.8 Å². The minimum absolute atomic E-state index is 0.320. The average molecular weight is 623 g/mol. The van der Waals surface area contributed by atoms with Crippen molar-refractivity contribution in [3.8, 4) is 11.5 Å². The lowest BCUT2D eigenvalue weighted by Crippen LogP contribution is -2.25. The van der Waals surface area contributed by atoms with Crippen LogP contribution in [0.25, 0.3) is 0 Å². The van der Waals surface area contributed by atoms with Crippen LogP contribution in [0.5, 0.6) is 11.5 Å². The van der Waals surface area contributed by atoms with Crippen LogP contribution in [-0.4, -0.2) is 0 Å². The van der Waals surface area contributed by atoms with Gasteiger partial charge in [0.05, 0.1) is 0 Å². The maximum atomic E-state index is 7.45. The summed E-state index contributed by atoms with van der Waals surface area (Å²) in [4.78, 5) is 0. The first kappa shape index (κ1) is 31.0. The van der Waals surface area contributed by atoms with Crippen LogP contribution in [0, 0.1) is 12.8 Å². The molecule has 0 aromatic heterocycles. The Balaban J connectivity index is 1.59. The van der Waals surface area contributed by atoms with Crippen molar-refractivity contribution in [2.24, 2.45) is 5.92 Å². The van der Waals surface area contributed by atoms with Crippen molar-refractivity contribution in [3.05, 3.63) is 169 Å². The molecule has 0 spiro atoms. The van der Waals surface area contributed by atoms with Crippen molar-refractivity contribution >= 4 is 47.7 Å². The number of benzene rings is 6. The van der Waals surface area contributed by atoms with E-state index in [9.17, 15) is 0 Å². The van der Waals surface area contributed by atoms with Crippen molar-refractivity contribution in [2.75, 3.05) is 0 Å². The number of hydrogen-bond donors (Lipinski definition) is 0. The Hall–Kier alpha value is -4.02. The zero-order valence-corrected chi connectivity index (χ0v) is 28.3. The highest BCUT2D eigenvalue weighted by molar-refractivity contribution is 7.80. The first-order chi connectivity index (χ1) is 22.0. The first-order valence-electron chi connectivity index (χ1n) is 15.7. The maximum absolute atomic E-state index is 7.45. The van der Waals surface area contributed by atoms with Gasteiger partial charge in [0, 0.05) is 10.6 Å². The molecule has 0 aliphatic carbocycles. The zero-order valence-electron chi connectivity index (χ0n) is 26.5. The average Bonchev–Trinajstić information content (AvgIpc) is 3.08. The molecule has 0 saturated carbocycles. The lowest BCUT2D eigenvalue weighted by Gasteiger charge is -2.29. The summed E-state index contributed by atoms with van der Waals surface area (Å²) in [5, 5.41) is 7.76. The van der Waals surface area contributed by atoms with E-state index in [1.807, 2.05) is 0 Å². The minimum Gasteiger partial charge on any atom is -0.455 e. The molecule has 3 heteroatoms. The van der Waals surface area contributed by atoms with Gasteiger partial charge in [-0.2, -0.15) is 0 Å². The predicted molar refractivity (Wildman–Crippen MR) is 198 cm³/mol. The molecule has 224 valence electrons. The molecule has 0 fully saturated rings. The van der Waals surface area contributed by atoms with Gasteiger partial charge in [0.15, 0.2) is 0 Å². The Morgan fingerprint density at radius 3 is 1.20 bits per heavy atom. The molecular weight excluding hydrogens is 582 g/mol. The third-order valence-electron chi connectivity index (χ3n) is 8.45. The number of hydrogen-bond acceptors (Lipinski definition) is 1. The van der Waals surface area contributed by atoms with Gasteiger partial charge in [0.2, 0.25) is 0 Å². The molecule has 0 saturated heterocycles. The molecule has 0 amide bonds. The summed E-state index contributed by atoms with van der Waals surface area (Å²) < 4.78 is 7.45. The Labute approximate surface area is 271 Å². The van der Waals surface area contributed by atoms with Gasteiger partial charge >= 0.3 is 0 Å². The number of ether oxygens (including phenoxy) is 1. The van der Waals surface area contributed by atoms with E-state index in [1.54, 1.807) is 0 Å². The molecule has 6 rings (SSSR count). The van der Waals surface area contributed by atoms with Gasteiger partial charge in [0.1, 0.15) is 11.5 Å². The lowest BCUT2D eigenvalue weighted by atomic mass is 9.89. The van der Waals surface area contributed by atoms with E-state index in [4.69, 9.17) is 4.74 Å². The van der Waals surface area contributed by atoms with Crippen molar-refractivity contribution in [1.82, 2.24) is 0 Å². The van der Waals surface area contributed by atoms with Gasteiger partial charge in [0.25, 0.3) is 0 Å². The third kappa shape index (κ3) is 6.82. The highest BCUT2D eigenvalue weighted by Gasteiger charge is 2.28. The molecule has 1 nitrogen and oxygen atoms in total. The highest BCUT2D eigenvalue weighted by atomic mass is 31.1. The molecule has 1 atom stereocenters. The maximum Gasteiger partial charge on any atom is 0.139 e. The van der Waals surface area contributed by atoms with Crippen molar-refractivity contribution in [3.63, 3.8) is 0 Å². The number of rotatable bonds is 10. The summed E-state index contributed by atoms with van der Waals surface area (Å²) in [6.45, 7) is 9.14. The van der Waals surface area contributed by atoms with E-state index in [2.05, 4.69) is 185 Å². The van der Waals surface area contributed by atoms with Crippen molar-refractivity contribution in [1.29, 1.82) is 0 Å². The minimum atomic E-state index is -0.865. The SMILES string of the molecule is Cc1cccc(P(c2ccccc2)c2ccccc2)c1Oc1c([C@H](C)C(C)C)cccc1P(c1ccccc1)c1ccccc1. The Morgan fingerprint density at radius 1 is 0.422 bits per heavy atom. The fourth-order valence-corrected chi connectivity index (χ4v) is 10.6. The van der Waals surface area contributed by atoms with E-state index < -0.39 is 15.8 Å². The van der Waals surface area contributed by atoms with Crippen LogP contribution in [-0.2, 0) is 0 Å². The molecule has 6 aromatic carbocycles. The van der Waals surface area contributed by atoms with Crippen LogP contribution in [0.2, 0.25) is 0 Å². The monoisotopic (exact) mass is 622 g/mol. The Bertz CT molecular complexity index is 1740. The van der Waals surface area contributed by atoms with E-state index >= 15 is 0 Å². The van der Waals surface area contributed by atoms with Crippen LogP contribution in [0.1, 0.15) is 37.8 Å². The van der Waals surface area contributed by atoms with Gasteiger partial charge in [-0.05, 0) is 66.9 Å². The van der Waals surface area contributed by atoms with Gasteiger partial charge in [-0.3, -0.25) is 0 Å². The molecule has 0 radical (unpaired) electrons. The molecular formula is C42H40OP2. The first-order valence-corrected chi connectivity index (χ1v) is 18.4. The summed E-state index contributed by atoms with van der Waals surface area (Å²) in [6.07, 6.45) is 0. The number of para-hydroxylation sites is 2. The second-order valence-electron chi connectivity index (χ2n) is 11.8. The van der Waals surface area contributed by atoms with E-state index in [0.717, 1.165) is 17.1 Å². The van der Waals surface area contributed by atoms with Gasteiger partial charge in [-0.15, -0.1) is 0 Å². The molecule has 0 unspecified atom stereocenters. The molecule has 0 N–H and O–H groups in total.